The van der Waals surface area contributed by atoms with Crippen LogP contribution in [0.5, 0.6) is 0 Å². The third kappa shape index (κ3) is 12.6. The minimum absolute atomic E-state index is 0.0208. The van der Waals surface area contributed by atoms with E-state index in [2.05, 4.69) is 16.0 Å². The molecule has 1 rings (SSSR count). The van der Waals surface area contributed by atoms with Gasteiger partial charge in [0.05, 0.1) is 18.2 Å². The fourth-order valence-corrected chi connectivity index (χ4v) is 2.87. The summed E-state index contributed by atoms with van der Waals surface area (Å²) in [6.45, 7) is 11.4. The van der Waals surface area contributed by atoms with E-state index in [-0.39, 0.29) is 6.61 Å². The first-order valence-corrected chi connectivity index (χ1v) is 11.2. The molecule has 0 radical (unpaired) electrons. The largest absolute Gasteiger partial charge is 0.480 e. The second-order valence-electron chi connectivity index (χ2n) is 9.90. The third-order valence-corrected chi connectivity index (χ3v) is 4.24. The summed E-state index contributed by atoms with van der Waals surface area (Å²) in [5, 5.41) is 16.6. The van der Waals surface area contributed by atoms with Gasteiger partial charge in [0.15, 0.2) is 0 Å². The number of aliphatic carboxylic acids is 1. The molecule has 2 unspecified atom stereocenters. The number of alkyl carbamates (subject to hydrolysis) is 2. The van der Waals surface area contributed by atoms with E-state index in [1.165, 1.54) is 0 Å². The average molecular weight is 496 g/mol. The average Bonchev–Trinajstić information content (AvgIpc) is 2.71. The Morgan fingerprint density at radius 3 is 2.03 bits per heavy atom. The van der Waals surface area contributed by atoms with Gasteiger partial charge in [0.25, 0.3) is 0 Å². The number of hydrogen-bond donors (Lipinski definition) is 4. The number of nitrogens with one attached hydrogen (secondary N) is 3. The van der Waals surface area contributed by atoms with E-state index in [0.29, 0.717) is 0 Å². The molecule has 0 fully saturated rings. The van der Waals surface area contributed by atoms with Gasteiger partial charge in [-0.15, -0.1) is 0 Å². The van der Waals surface area contributed by atoms with Crippen LogP contribution in [0.25, 0.3) is 0 Å². The van der Waals surface area contributed by atoms with Crippen LogP contribution in [0.1, 0.15) is 54.0 Å². The molecule has 196 valence electrons. The summed E-state index contributed by atoms with van der Waals surface area (Å²) in [4.78, 5) is 49.0. The van der Waals surface area contributed by atoms with Crippen molar-refractivity contribution in [1.82, 2.24) is 16.0 Å². The molecule has 1 aromatic carbocycles. The second kappa shape index (κ2) is 12.9. The quantitative estimate of drug-likeness (QED) is 0.386. The van der Waals surface area contributed by atoms with Crippen molar-refractivity contribution < 1.29 is 38.5 Å². The van der Waals surface area contributed by atoms with E-state index < -0.39 is 60.0 Å². The molecule has 1 aromatic rings. The molecule has 3 amide bonds. The summed E-state index contributed by atoms with van der Waals surface area (Å²) >= 11 is 0. The SMILES string of the molecule is CC(OC(C)(C)C)[C@H](NC(=O)OCc1ccccc1)C(=O)NC(CNC(=O)OC(C)(C)C)C(=O)O. The molecular weight excluding hydrogens is 458 g/mol. The molecule has 0 saturated carbocycles. The number of hydrogen-bond acceptors (Lipinski definition) is 7. The normalized spacial score (nSPS) is 14.1. The van der Waals surface area contributed by atoms with Crippen LogP contribution in [0.4, 0.5) is 9.59 Å². The Labute approximate surface area is 205 Å². The predicted octanol–water partition coefficient (Wildman–Crippen LogP) is 2.58. The Balaban J connectivity index is 2.88. The van der Waals surface area contributed by atoms with Crippen LogP contribution >= 0.6 is 0 Å². The number of benzene rings is 1. The zero-order valence-electron chi connectivity index (χ0n) is 21.3. The van der Waals surface area contributed by atoms with Crippen LogP contribution in [0.15, 0.2) is 30.3 Å². The number of carboxylic acids is 1. The van der Waals surface area contributed by atoms with Gasteiger partial charge >= 0.3 is 18.2 Å². The maximum atomic E-state index is 13.0. The summed E-state index contributed by atoms with van der Waals surface area (Å²) in [5.41, 5.74) is -0.680. The van der Waals surface area contributed by atoms with Crippen molar-refractivity contribution in [1.29, 1.82) is 0 Å². The second-order valence-corrected chi connectivity index (χ2v) is 9.90. The predicted molar refractivity (Wildman–Crippen MR) is 128 cm³/mol. The molecule has 0 aliphatic rings. The van der Waals surface area contributed by atoms with Gasteiger partial charge in [-0.05, 0) is 54.0 Å². The minimum atomic E-state index is -1.48. The Kier molecular flexibility index (Phi) is 11.0. The lowest BCUT2D eigenvalue weighted by Gasteiger charge is -2.31. The van der Waals surface area contributed by atoms with Crippen LogP contribution in [-0.4, -0.2) is 65.1 Å². The zero-order chi connectivity index (χ0) is 26.8. The molecule has 0 aliphatic carbocycles. The van der Waals surface area contributed by atoms with Crippen molar-refractivity contribution in [3.63, 3.8) is 0 Å². The first kappa shape index (κ1) is 29.7. The lowest BCUT2D eigenvalue weighted by atomic mass is 10.1. The lowest BCUT2D eigenvalue weighted by Crippen LogP contribution is -2.59. The van der Waals surface area contributed by atoms with Crippen molar-refractivity contribution in [3.05, 3.63) is 35.9 Å². The highest BCUT2D eigenvalue weighted by Gasteiger charge is 2.34. The fourth-order valence-electron chi connectivity index (χ4n) is 2.87. The van der Waals surface area contributed by atoms with Gasteiger partial charge in [-0.2, -0.15) is 0 Å². The standard InChI is InChI=1S/C24H37N3O8/c1-15(34-23(2,3)4)18(27-22(32)33-14-16-11-9-8-10-12-16)19(28)26-17(20(29)30)13-25-21(31)35-24(5,6)7/h8-12,15,17-18H,13-14H2,1-7H3,(H,25,31)(H,26,28)(H,27,32)(H,29,30)/t15?,17?,18-/m0/s1. The Morgan fingerprint density at radius 2 is 1.51 bits per heavy atom. The maximum Gasteiger partial charge on any atom is 0.408 e. The van der Waals surface area contributed by atoms with Gasteiger partial charge < -0.3 is 35.3 Å². The molecule has 0 saturated heterocycles. The van der Waals surface area contributed by atoms with E-state index in [4.69, 9.17) is 14.2 Å². The number of carboxylic acid groups (broad SMARTS) is 1. The zero-order valence-corrected chi connectivity index (χ0v) is 21.3. The van der Waals surface area contributed by atoms with Crippen molar-refractivity contribution in [2.75, 3.05) is 6.54 Å². The molecule has 0 bridgehead atoms. The number of carbonyl (C=O) groups excluding carboxylic acids is 3. The first-order valence-electron chi connectivity index (χ1n) is 11.2. The smallest absolute Gasteiger partial charge is 0.408 e. The molecule has 35 heavy (non-hydrogen) atoms. The summed E-state index contributed by atoms with van der Waals surface area (Å²) in [6.07, 6.45) is -2.55. The van der Waals surface area contributed by atoms with Crippen molar-refractivity contribution in [3.8, 4) is 0 Å². The lowest BCUT2D eigenvalue weighted by molar-refractivity contribution is -0.143. The number of amides is 3. The van der Waals surface area contributed by atoms with Gasteiger partial charge in [0, 0.05) is 0 Å². The molecule has 0 aromatic heterocycles. The van der Waals surface area contributed by atoms with Crippen LogP contribution in [0.3, 0.4) is 0 Å². The summed E-state index contributed by atoms with van der Waals surface area (Å²) in [7, 11) is 0. The highest BCUT2D eigenvalue weighted by Crippen LogP contribution is 2.14. The Morgan fingerprint density at radius 1 is 0.914 bits per heavy atom. The van der Waals surface area contributed by atoms with E-state index in [0.717, 1.165) is 5.56 Å². The monoisotopic (exact) mass is 495 g/mol. The molecule has 3 atom stereocenters. The van der Waals surface area contributed by atoms with Crippen LogP contribution in [0, 0.1) is 0 Å². The van der Waals surface area contributed by atoms with Gasteiger partial charge in [-0.1, -0.05) is 30.3 Å². The van der Waals surface area contributed by atoms with E-state index in [9.17, 15) is 24.3 Å². The highest BCUT2D eigenvalue weighted by molar-refractivity contribution is 5.90. The van der Waals surface area contributed by atoms with Crippen LogP contribution in [-0.2, 0) is 30.4 Å². The molecule has 0 aliphatic heterocycles. The van der Waals surface area contributed by atoms with Crippen LogP contribution in [0.2, 0.25) is 0 Å². The summed E-state index contributed by atoms with van der Waals surface area (Å²) in [5.74, 6) is -2.21. The van der Waals surface area contributed by atoms with Crippen molar-refractivity contribution >= 4 is 24.1 Å². The van der Waals surface area contributed by atoms with Crippen molar-refractivity contribution in [2.24, 2.45) is 0 Å². The van der Waals surface area contributed by atoms with Crippen LogP contribution < -0.4 is 16.0 Å². The molecule has 0 heterocycles. The van der Waals surface area contributed by atoms with E-state index in [1.54, 1.807) is 72.7 Å². The fraction of sp³-hybridized carbons (Fsp3) is 0.583. The maximum absolute atomic E-state index is 13.0. The molecule has 11 heteroatoms. The summed E-state index contributed by atoms with van der Waals surface area (Å²) in [6, 6.07) is 6.21. The molecular formula is C24H37N3O8. The van der Waals surface area contributed by atoms with Gasteiger partial charge in [0.1, 0.15) is 24.3 Å². The molecule has 11 nitrogen and oxygen atoms in total. The van der Waals surface area contributed by atoms with E-state index in [1.807, 2.05) is 6.07 Å². The summed E-state index contributed by atoms with van der Waals surface area (Å²) < 4.78 is 16.1. The minimum Gasteiger partial charge on any atom is -0.480 e. The molecule has 0 spiro atoms. The number of carbonyl (C=O) groups is 4. The van der Waals surface area contributed by atoms with Gasteiger partial charge in [-0.3, -0.25) is 4.79 Å². The number of rotatable bonds is 10. The third-order valence-electron chi connectivity index (χ3n) is 4.24. The van der Waals surface area contributed by atoms with E-state index >= 15 is 0 Å². The van der Waals surface area contributed by atoms with Gasteiger partial charge in [-0.25, -0.2) is 14.4 Å². The highest BCUT2D eigenvalue weighted by atomic mass is 16.6. The topological polar surface area (TPSA) is 152 Å². The Hall–Kier alpha value is -3.34. The van der Waals surface area contributed by atoms with Crippen molar-refractivity contribution in [2.45, 2.75) is 84.5 Å². The molecule has 4 N–H and O–H groups in total. The van der Waals surface area contributed by atoms with Gasteiger partial charge in [0.2, 0.25) is 5.91 Å². The number of ether oxygens (including phenoxy) is 3. The Bertz CT molecular complexity index is 862. The first-order chi connectivity index (χ1) is 16.1.